The fraction of sp³-hybridized carbons (Fsp3) is 0.800. The van der Waals surface area contributed by atoms with Crippen molar-refractivity contribution < 1.29 is 19.5 Å². The van der Waals surface area contributed by atoms with Crippen molar-refractivity contribution >= 4 is 17.9 Å². The Labute approximate surface area is 130 Å². The van der Waals surface area contributed by atoms with Crippen LogP contribution in [-0.2, 0) is 9.59 Å². The molecule has 1 aliphatic heterocycles. The zero-order chi connectivity index (χ0) is 16.3. The Morgan fingerprint density at radius 3 is 2.32 bits per heavy atom. The van der Waals surface area contributed by atoms with E-state index in [-0.39, 0.29) is 36.5 Å². The molecule has 0 aromatic rings. The summed E-state index contributed by atoms with van der Waals surface area (Å²) in [7, 11) is 0. The minimum absolute atomic E-state index is 0.0151. The third-order valence-corrected chi connectivity index (χ3v) is 4.57. The number of hydrogen-bond acceptors (Lipinski definition) is 3. The molecule has 0 bridgehead atoms. The van der Waals surface area contributed by atoms with Gasteiger partial charge in [0.1, 0.15) is 6.54 Å². The van der Waals surface area contributed by atoms with Crippen LogP contribution in [0.2, 0.25) is 0 Å². The summed E-state index contributed by atoms with van der Waals surface area (Å²) in [6.45, 7) is 5.16. The Balaban J connectivity index is 1.79. The number of nitrogens with zero attached hydrogens (tertiary/aromatic N) is 2. The van der Waals surface area contributed by atoms with Crippen molar-refractivity contribution in [2.75, 3.05) is 19.6 Å². The number of rotatable bonds is 3. The molecule has 2 rings (SSSR count). The number of amides is 3. The van der Waals surface area contributed by atoms with Crippen LogP contribution in [0.25, 0.3) is 0 Å². The van der Waals surface area contributed by atoms with Crippen LogP contribution in [0, 0.1) is 5.92 Å². The van der Waals surface area contributed by atoms with Gasteiger partial charge in [-0.1, -0.05) is 0 Å². The van der Waals surface area contributed by atoms with Gasteiger partial charge in [0, 0.05) is 25.2 Å². The highest BCUT2D eigenvalue weighted by Gasteiger charge is 2.31. The van der Waals surface area contributed by atoms with E-state index < -0.39 is 5.97 Å². The second-order valence-corrected chi connectivity index (χ2v) is 6.44. The summed E-state index contributed by atoms with van der Waals surface area (Å²) in [6.07, 6.45) is 2.56. The summed E-state index contributed by atoms with van der Waals surface area (Å²) in [6, 6.07) is -0.0409. The van der Waals surface area contributed by atoms with Crippen molar-refractivity contribution in [3.63, 3.8) is 0 Å². The zero-order valence-corrected chi connectivity index (χ0v) is 13.2. The second kappa shape index (κ2) is 6.98. The molecule has 0 unspecified atom stereocenters. The fourth-order valence-electron chi connectivity index (χ4n) is 3.16. The number of carbonyl (C=O) groups excluding carboxylic acids is 2. The van der Waals surface area contributed by atoms with E-state index in [9.17, 15) is 14.4 Å². The van der Waals surface area contributed by atoms with E-state index in [0.717, 1.165) is 0 Å². The van der Waals surface area contributed by atoms with Crippen LogP contribution in [0.5, 0.6) is 0 Å². The van der Waals surface area contributed by atoms with Crippen LogP contribution in [-0.4, -0.2) is 64.5 Å². The minimum atomic E-state index is -0.750. The normalized spacial score (nSPS) is 26.2. The van der Waals surface area contributed by atoms with Crippen LogP contribution in [0.4, 0.5) is 4.79 Å². The van der Waals surface area contributed by atoms with Gasteiger partial charge >= 0.3 is 12.0 Å². The first kappa shape index (κ1) is 16.6. The number of carbonyl (C=O) groups is 3. The van der Waals surface area contributed by atoms with Crippen molar-refractivity contribution in [3.05, 3.63) is 0 Å². The molecule has 2 fully saturated rings. The molecule has 2 N–H and O–H groups in total. The van der Waals surface area contributed by atoms with Crippen molar-refractivity contribution in [1.82, 2.24) is 15.1 Å². The van der Waals surface area contributed by atoms with Crippen LogP contribution in [0.1, 0.15) is 39.5 Å². The molecule has 7 nitrogen and oxygen atoms in total. The van der Waals surface area contributed by atoms with Crippen LogP contribution in [0.3, 0.4) is 0 Å². The zero-order valence-electron chi connectivity index (χ0n) is 13.2. The van der Waals surface area contributed by atoms with E-state index in [1.54, 1.807) is 9.80 Å². The topological polar surface area (TPSA) is 89.9 Å². The third-order valence-electron chi connectivity index (χ3n) is 4.57. The van der Waals surface area contributed by atoms with E-state index in [1.807, 2.05) is 13.8 Å². The molecule has 0 atom stereocenters. The molecular weight excluding hydrogens is 286 g/mol. The van der Waals surface area contributed by atoms with Gasteiger partial charge in [-0.2, -0.15) is 0 Å². The highest BCUT2D eigenvalue weighted by Crippen LogP contribution is 2.24. The van der Waals surface area contributed by atoms with Gasteiger partial charge in [-0.25, -0.2) is 4.79 Å². The lowest BCUT2D eigenvalue weighted by Crippen LogP contribution is -2.57. The number of hydrogen-bond donors (Lipinski definition) is 2. The number of aliphatic carboxylic acids is 1. The van der Waals surface area contributed by atoms with Gasteiger partial charge in [-0.3, -0.25) is 9.59 Å². The molecule has 1 saturated carbocycles. The smallest absolute Gasteiger partial charge is 0.318 e. The van der Waals surface area contributed by atoms with Crippen molar-refractivity contribution in [2.45, 2.75) is 51.6 Å². The summed E-state index contributed by atoms with van der Waals surface area (Å²) in [5, 5.41) is 11.9. The van der Waals surface area contributed by atoms with E-state index in [0.29, 0.717) is 38.8 Å². The number of urea groups is 1. The maximum absolute atomic E-state index is 12.2. The number of piperazine rings is 1. The van der Waals surface area contributed by atoms with Crippen molar-refractivity contribution in [3.8, 4) is 0 Å². The summed E-state index contributed by atoms with van der Waals surface area (Å²) in [4.78, 5) is 38.5. The average Bonchev–Trinajstić information content (AvgIpc) is 2.47. The van der Waals surface area contributed by atoms with E-state index in [2.05, 4.69) is 5.32 Å². The van der Waals surface area contributed by atoms with Gasteiger partial charge in [-0.15, -0.1) is 0 Å². The Hall–Kier alpha value is -1.79. The van der Waals surface area contributed by atoms with E-state index in [1.165, 1.54) is 0 Å². The first-order valence-corrected chi connectivity index (χ1v) is 7.96. The molecule has 1 heterocycles. The standard InChI is InChI=1S/C15H25N3O4/c1-10(2)18-8-7-17(9-13(18)19)15(22)16-12-5-3-11(4-6-12)14(20)21/h10-12H,3-9H2,1-2H3,(H,16,22)(H,20,21). The molecule has 0 aromatic heterocycles. The maximum Gasteiger partial charge on any atom is 0.318 e. The van der Waals surface area contributed by atoms with E-state index in [4.69, 9.17) is 5.11 Å². The Kier molecular flexibility index (Phi) is 5.26. The highest BCUT2D eigenvalue weighted by molar-refractivity contribution is 5.85. The van der Waals surface area contributed by atoms with Crippen LogP contribution < -0.4 is 5.32 Å². The summed E-state index contributed by atoms with van der Waals surface area (Å²) in [5.41, 5.74) is 0. The maximum atomic E-state index is 12.2. The van der Waals surface area contributed by atoms with Gasteiger partial charge < -0.3 is 20.2 Å². The van der Waals surface area contributed by atoms with Crippen molar-refractivity contribution in [2.24, 2.45) is 5.92 Å². The molecule has 7 heteroatoms. The first-order chi connectivity index (χ1) is 10.4. The Bertz CT molecular complexity index is 444. The molecule has 2 aliphatic rings. The molecule has 22 heavy (non-hydrogen) atoms. The molecule has 3 amide bonds. The van der Waals surface area contributed by atoms with Gasteiger partial charge in [0.05, 0.1) is 5.92 Å². The fourth-order valence-corrected chi connectivity index (χ4v) is 3.16. The molecule has 1 saturated heterocycles. The lowest BCUT2D eigenvalue weighted by atomic mass is 9.86. The predicted octanol–water partition coefficient (Wildman–Crippen LogP) is 0.892. The van der Waals surface area contributed by atoms with Gasteiger partial charge in [-0.05, 0) is 39.5 Å². The number of carboxylic acid groups (broad SMARTS) is 1. The molecule has 0 spiro atoms. The monoisotopic (exact) mass is 311 g/mol. The number of carboxylic acids is 1. The number of nitrogens with one attached hydrogen (secondary N) is 1. The predicted molar refractivity (Wildman–Crippen MR) is 80.3 cm³/mol. The Morgan fingerprint density at radius 1 is 1.18 bits per heavy atom. The van der Waals surface area contributed by atoms with Gasteiger partial charge in [0.25, 0.3) is 0 Å². The van der Waals surface area contributed by atoms with E-state index >= 15 is 0 Å². The van der Waals surface area contributed by atoms with Crippen LogP contribution in [0.15, 0.2) is 0 Å². The second-order valence-electron chi connectivity index (χ2n) is 6.44. The lowest BCUT2D eigenvalue weighted by molar-refractivity contribution is -0.143. The van der Waals surface area contributed by atoms with Gasteiger partial charge in [0.2, 0.25) is 5.91 Å². The lowest BCUT2D eigenvalue weighted by Gasteiger charge is -2.37. The van der Waals surface area contributed by atoms with Crippen molar-refractivity contribution in [1.29, 1.82) is 0 Å². The minimum Gasteiger partial charge on any atom is -0.481 e. The molecule has 0 radical (unpaired) electrons. The molecular formula is C15H25N3O4. The molecule has 1 aliphatic carbocycles. The SMILES string of the molecule is CC(C)N1CCN(C(=O)NC2CCC(C(=O)O)CC2)CC1=O. The average molecular weight is 311 g/mol. The van der Waals surface area contributed by atoms with Gasteiger partial charge in [0.15, 0.2) is 0 Å². The first-order valence-electron chi connectivity index (χ1n) is 7.96. The summed E-state index contributed by atoms with van der Waals surface area (Å²) >= 11 is 0. The largest absolute Gasteiger partial charge is 0.481 e. The summed E-state index contributed by atoms with van der Waals surface area (Å²) in [5.74, 6) is -1.06. The molecule has 124 valence electrons. The highest BCUT2D eigenvalue weighted by atomic mass is 16.4. The third kappa shape index (κ3) is 3.90. The Morgan fingerprint density at radius 2 is 1.82 bits per heavy atom. The summed E-state index contributed by atoms with van der Waals surface area (Å²) < 4.78 is 0. The van der Waals surface area contributed by atoms with Crippen LogP contribution >= 0.6 is 0 Å². The quantitative estimate of drug-likeness (QED) is 0.810. The molecule has 0 aromatic carbocycles.